The van der Waals surface area contributed by atoms with Crippen molar-refractivity contribution in [2.45, 2.75) is 39.3 Å². The Morgan fingerprint density at radius 3 is 2.42 bits per heavy atom. The van der Waals surface area contributed by atoms with Gasteiger partial charge in [0.15, 0.2) is 0 Å². The molecule has 192 valence electrons. The van der Waals surface area contributed by atoms with Gasteiger partial charge >= 0.3 is 0 Å². The number of hydrogen-bond donors (Lipinski definition) is 1. The Balaban J connectivity index is 1.16. The molecule has 0 saturated heterocycles. The van der Waals surface area contributed by atoms with Gasteiger partial charge in [-0.05, 0) is 66.3 Å². The van der Waals surface area contributed by atoms with Crippen LogP contribution in [0.15, 0.2) is 103 Å². The lowest BCUT2D eigenvalue weighted by Gasteiger charge is -2.11. The van der Waals surface area contributed by atoms with Gasteiger partial charge in [-0.25, -0.2) is 4.98 Å². The van der Waals surface area contributed by atoms with Crippen molar-refractivity contribution in [1.82, 2.24) is 14.9 Å². The van der Waals surface area contributed by atoms with Gasteiger partial charge < -0.3 is 14.6 Å². The van der Waals surface area contributed by atoms with Crippen LogP contribution in [0.4, 0.5) is 0 Å². The molecule has 1 N–H and O–H groups in total. The molecule has 0 aliphatic heterocycles. The Morgan fingerprint density at radius 1 is 0.842 bits per heavy atom. The van der Waals surface area contributed by atoms with E-state index in [2.05, 4.69) is 59.3 Å². The molecule has 1 heterocycles. The fourth-order valence-electron chi connectivity index (χ4n) is 4.65. The normalized spacial score (nSPS) is 11.0. The van der Waals surface area contributed by atoms with Crippen molar-refractivity contribution in [3.63, 3.8) is 0 Å². The minimum atomic E-state index is -0.0115. The predicted molar refractivity (Wildman–Crippen MR) is 153 cm³/mol. The van der Waals surface area contributed by atoms with Gasteiger partial charge in [0.2, 0.25) is 5.91 Å². The number of carbonyl (C=O) groups is 1. The van der Waals surface area contributed by atoms with Crippen molar-refractivity contribution in [2.24, 2.45) is 0 Å². The first-order valence-corrected chi connectivity index (χ1v) is 13.2. The molecular formula is C33H33N3O2. The van der Waals surface area contributed by atoms with Crippen molar-refractivity contribution in [3.05, 3.63) is 120 Å². The molecule has 0 bridgehead atoms. The number of aryl methyl sites for hydroxylation is 2. The third-order valence-corrected chi connectivity index (χ3v) is 6.64. The summed E-state index contributed by atoms with van der Waals surface area (Å²) in [5, 5.41) is 3.08. The number of carbonyl (C=O) groups excluding carboxylic acids is 1. The van der Waals surface area contributed by atoms with Gasteiger partial charge in [0.1, 0.15) is 11.6 Å². The monoisotopic (exact) mass is 503 g/mol. The zero-order valence-corrected chi connectivity index (χ0v) is 21.8. The van der Waals surface area contributed by atoms with E-state index >= 15 is 0 Å². The molecule has 0 atom stereocenters. The van der Waals surface area contributed by atoms with Gasteiger partial charge in [0.25, 0.3) is 0 Å². The van der Waals surface area contributed by atoms with Gasteiger partial charge in [-0.2, -0.15) is 0 Å². The van der Waals surface area contributed by atoms with Crippen LogP contribution in [-0.4, -0.2) is 22.1 Å². The molecule has 0 fully saturated rings. The van der Waals surface area contributed by atoms with Crippen molar-refractivity contribution >= 4 is 16.9 Å². The lowest BCUT2D eigenvalue weighted by atomic mass is 10.0. The highest BCUT2D eigenvalue weighted by molar-refractivity contribution is 5.79. The number of amides is 1. The second-order valence-electron chi connectivity index (χ2n) is 9.56. The van der Waals surface area contributed by atoms with Gasteiger partial charge in [0.05, 0.1) is 30.6 Å². The van der Waals surface area contributed by atoms with Crippen LogP contribution in [0.25, 0.3) is 22.2 Å². The van der Waals surface area contributed by atoms with E-state index in [0.29, 0.717) is 19.6 Å². The third-order valence-electron chi connectivity index (χ3n) is 6.64. The average molecular weight is 504 g/mol. The SMILES string of the molecule is Cc1cccc(OCCCCn2c(CNC(=O)Cc3ccc(-c4ccccc4)cc3)nc3ccccc32)c1. The summed E-state index contributed by atoms with van der Waals surface area (Å²) in [4.78, 5) is 17.6. The summed E-state index contributed by atoms with van der Waals surface area (Å²) in [6.07, 6.45) is 2.23. The topological polar surface area (TPSA) is 56.1 Å². The molecule has 38 heavy (non-hydrogen) atoms. The number of unbranched alkanes of at least 4 members (excludes halogenated alkanes) is 1. The minimum absolute atomic E-state index is 0.0115. The third kappa shape index (κ3) is 6.48. The maximum absolute atomic E-state index is 12.8. The Labute approximate surface area is 224 Å². The highest BCUT2D eigenvalue weighted by Gasteiger charge is 2.12. The minimum Gasteiger partial charge on any atom is -0.494 e. The van der Waals surface area contributed by atoms with E-state index < -0.39 is 0 Å². The average Bonchev–Trinajstić information content (AvgIpc) is 3.30. The fourth-order valence-corrected chi connectivity index (χ4v) is 4.65. The molecule has 1 aromatic heterocycles. The lowest BCUT2D eigenvalue weighted by Crippen LogP contribution is -2.26. The predicted octanol–water partition coefficient (Wildman–Crippen LogP) is 6.73. The number of imidazole rings is 1. The molecule has 5 rings (SSSR count). The number of hydrogen-bond acceptors (Lipinski definition) is 3. The standard InChI is InChI=1S/C33H33N3O2/c1-25-10-9-13-29(22-25)38-21-8-7-20-36-31-15-6-5-14-30(31)35-32(36)24-34-33(37)23-26-16-18-28(19-17-26)27-11-3-2-4-12-27/h2-6,9-19,22H,7-8,20-21,23-24H2,1H3,(H,34,37). The summed E-state index contributed by atoms with van der Waals surface area (Å²) in [6.45, 7) is 3.96. The Bertz CT molecular complexity index is 1490. The largest absolute Gasteiger partial charge is 0.494 e. The van der Waals surface area contributed by atoms with Crippen molar-refractivity contribution in [1.29, 1.82) is 0 Å². The van der Waals surface area contributed by atoms with E-state index in [0.717, 1.165) is 53.1 Å². The maximum atomic E-state index is 12.8. The summed E-state index contributed by atoms with van der Waals surface area (Å²) in [6, 6.07) is 34.7. The first-order valence-electron chi connectivity index (χ1n) is 13.2. The van der Waals surface area contributed by atoms with Gasteiger partial charge in [-0.3, -0.25) is 4.79 Å². The van der Waals surface area contributed by atoms with Crippen molar-refractivity contribution in [2.75, 3.05) is 6.61 Å². The van der Waals surface area contributed by atoms with Crippen LogP contribution in [-0.2, 0) is 24.3 Å². The maximum Gasteiger partial charge on any atom is 0.224 e. The van der Waals surface area contributed by atoms with E-state index in [9.17, 15) is 4.79 Å². The highest BCUT2D eigenvalue weighted by atomic mass is 16.5. The summed E-state index contributed by atoms with van der Waals surface area (Å²) in [5.74, 6) is 1.78. The van der Waals surface area contributed by atoms with E-state index in [1.165, 1.54) is 11.1 Å². The van der Waals surface area contributed by atoms with Crippen LogP contribution in [0.5, 0.6) is 5.75 Å². The zero-order chi connectivity index (χ0) is 26.2. The van der Waals surface area contributed by atoms with Crippen LogP contribution < -0.4 is 10.1 Å². The highest BCUT2D eigenvalue weighted by Crippen LogP contribution is 2.20. The molecule has 0 spiro atoms. The van der Waals surface area contributed by atoms with Crippen molar-refractivity contribution in [3.8, 4) is 16.9 Å². The first kappa shape index (κ1) is 25.3. The number of rotatable bonds is 11. The number of nitrogens with one attached hydrogen (secondary N) is 1. The van der Waals surface area contributed by atoms with E-state index in [1.54, 1.807) is 0 Å². The summed E-state index contributed by atoms with van der Waals surface area (Å²) >= 11 is 0. The second kappa shape index (κ2) is 12.2. The fraction of sp³-hybridized carbons (Fsp3) is 0.212. The Hall–Kier alpha value is -4.38. The van der Waals surface area contributed by atoms with Crippen LogP contribution in [0, 0.1) is 6.92 Å². The summed E-state index contributed by atoms with van der Waals surface area (Å²) in [7, 11) is 0. The number of para-hydroxylation sites is 2. The van der Waals surface area contributed by atoms with Crippen molar-refractivity contribution < 1.29 is 9.53 Å². The van der Waals surface area contributed by atoms with E-state index in [4.69, 9.17) is 9.72 Å². The molecule has 0 aliphatic carbocycles. The molecule has 4 aromatic carbocycles. The molecule has 5 aromatic rings. The number of ether oxygens (including phenoxy) is 1. The van der Waals surface area contributed by atoms with E-state index in [-0.39, 0.29) is 5.91 Å². The van der Waals surface area contributed by atoms with E-state index in [1.807, 2.05) is 60.7 Å². The van der Waals surface area contributed by atoms with Crippen LogP contribution in [0.2, 0.25) is 0 Å². The number of aromatic nitrogens is 2. The Morgan fingerprint density at radius 2 is 1.61 bits per heavy atom. The van der Waals surface area contributed by atoms with Gasteiger partial charge in [-0.15, -0.1) is 0 Å². The molecule has 0 radical (unpaired) electrons. The first-order chi connectivity index (χ1) is 18.7. The van der Waals surface area contributed by atoms with Crippen LogP contribution in [0.3, 0.4) is 0 Å². The lowest BCUT2D eigenvalue weighted by molar-refractivity contribution is -0.120. The quantitative estimate of drug-likeness (QED) is 0.203. The van der Waals surface area contributed by atoms with Crippen LogP contribution in [0.1, 0.15) is 29.8 Å². The van der Waals surface area contributed by atoms with Crippen LogP contribution >= 0.6 is 0 Å². The molecular weight excluding hydrogens is 470 g/mol. The Kier molecular flexibility index (Phi) is 8.14. The molecule has 1 amide bonds. The molecule has 5 heteroatoms. The molecule has 0 aliphatic rings. The second-order valence-corrected chi connectivity index (χ2v) is 9.56. The summed E-state index contributed by atoms with van der Waals surface area (Å²) in [5.41, 5.74) is 6.54. The zero-order valence-electron chi connectivity index (χ0n) is 21.8. The van der Waals surface area contributed by atoms with Gasteiger partial charge in [0, 0.05) is 6.54 Å². The van der Waals surface area contributed by atoms with Gasteiger partial charge in [-0.1, -0.05) is 78.9 Å². The molecule has 0 saturated carbocycles. The summed E-state index contributed by atoms with van der Waals surface area (Å²) < 4.78 is 8.13. The molecule has 5 nitrogen and oxygen atoms in total. The number of fused-ring (bicyclic) bond motifs is 1. The smallest absolute Gasteiger partial charge is 0.224 e. The number of benzene rings is 4. The number of nitrogens with zero attached hydrogens (tertiary/aromatic N) is 2. The molecule has 0 unspecified atom stereocenters.